The van der Waals surface area contributed by atoms with Gasteiger partial charge in [0.15, 0.2) is 0 Å². The third kappa shape index (κ3) is 22.7. The fourth-order valence-corrected chi connectivity index (χ4v) is 3.45. The monoisotopic (exact) mass is 452 g/mol. The second-order valence-corrected chi connectivity index (χ2v) is 8.09. The van der Waals surface area contributed by atoms with Crippen molar-refractivity contribution >= 4 is 17.8 Å². The van der Waals surface area contributed by atoms with Crippen LogP contribution in [-0.4, -0.2) is 34.1 Å². The summed E-state index contributed by atoms with van der Waals surface area (Å²) in [4.78, 5) is 33.4. The van der Waals surface area contributed by atoms with E-state index in [1.165, 1.54) is 77.0 Å². The van der Waals surface area contributed by atoms with Gasteiger partial charge < -0.3 is 15.5 Å². The van der Waals surface area contributed by atoms with E-state index in [0.29, 0.717) is 6.42 Å². The molecule has 7 heteroatoms. The molecule has 3 N–H and O–H groups in total. The number of rotatable bonds is 21. The smallest absolute Gasteiger partial charge is 0.481 e. The number of carbonyl (C=O) groups is 3. The number of carboxylic acid groups (broad SMARTS) is 2. The summed E-state index contributed by atoms with van der Waals surface area (Å²) in [6, 6.07) is -1.12. The van der Waals surface area contributed by atoms with E-state index in [9.17, 15) is 14.4 Å². The fraction of sp³-hybridized carbons (Fsp3) is 0.870. The van der Waals surface area contributed by atoms with Crippen molar-refractivity contribution in [1.82, 2.24) is 5.32 Å². The maximum Gasteiger partial charge on any atom is 1.00 e. The first-order chi connectivity index (χ1) is 14.0. The Kier molecular flexibility index (Phi) is 25.5. The van der Waals surface area contributed by atoms with Crippen LogP contribution in [0.15, 0.2) is 0 Å². The minimum Gasteiger partial charge on any atom is -0.481 e. The molecule has 30 heavy (non-hydrogen) atoms. The zero-order valence-electron chi connectivity index (χ0n) is 19.4. The fourth-order valence-electron chi connectivity index (χ4n) is 3.45. The van der Waals surface area contributed by atoms with Crippen molar-refractivity contribution in [2.24, 2.45) is 0 Å². The molecule has 1 unspecified atom stereocenters. The van der Waals surface area contributed by atoms with Crippen LogP contribution in [0, 0.1) is 0 Å². The van der Waals surface area contributed by atoms with Crippen LogP contribution in [0.5, 0.6) is 0 Å². The average molecular weight is 453 g/mol. The molecular formula is C23H43KNO5+. The van der Waals surface area contributed by atoms with E-state index in [2.05, 4.69) is 12.2 Å². The number of nitrogens with one attached hydrogen (secondary N) is 1. The Bertz CT molecular complexity index is 445. The van der Waals surface area contributed by atoms with Gasteiger partial charge in [0.1, 0.15) is 6.04 Å². The topological polar surface area (TPSA) is 104 Å². The van der Waals surface area contributed by atoms with Gasteiger partial charge in [0.05, 0.1) is 0 Å². The third-order valence-electron chi connectivity index (χ3n) is 5.29. The van der Waals surface area contributed by atoms with Crippen molar-refractivity contribution in [2.75, 3.05) is 0 Å². The van der Waals surface area contributed by atoms with Crippen molar-refractivity contribution in [3.63, 3.8) is 0 Å². The number of hydrogen-bond acceptors (Lipinski definition) is 3. The van der Waals surface area contributed by atoms with E-state index in [4.69, 9.17) is 10.2 Å². The average Bonchev–Trinajstić information content (AvgIpc) is 2.67. The summed E-state index contributed by atoms with van der Waals surface area (Å²) in [5.41, 5.74) is 0. The molecule has 0 saturated carbocycles. The Balaban J connectivity index is 0. The van der Waals surface area contributed by atoms with Crippen LogP contribution in [-0.2, 0) is 14.4 Å². The molecule has 0 aromatic carbocycles. The van der Waals surface area contributed by atoms with Crippen LogP contribution in [0.2, 0.25) is 0 Å². The second kappa shape index (κ2) is 23.7. The first-order valence-electron chi connectivity index (χ1n) is 11.7. The van der Waals surface area contributed by atoms with Crippen LogP contribution in [0.3, 0.4) is 0 Å². The SMILES string of the molecule is CCCCCCCCCCCCCCCCCC(=O)NC(CCC(=O)O)C(=O)O.[K+]. The third-order valence-corrected chi connectivity index (χ3v) is 5.29. The second-order valence-electron chi connectivity index (χ2n) is 8.09. The molecule has 0 saturated heterocycles. The minimum atomic E-state index is -1.18. The first kappa shape index (κ1) is 32.2. The standard InChI is InChI=1S/C23H43NO5.K/c1-2-3-4-5-6-7-8-9-10-11-12-13-14-15-16-17-21(25)24-20(23(28)29)18-19-22(26)27;/h20H,2-19H2,1H3,(H,24,25)(H,26,27)(H,28,29);/q;+1. The minimum absolute atomic E-state index is 0. The molecule has 0 aliphatic heterocycles. The van der Waals surface area contributed by atoms with Crippen LogP contribution in [0.25, 0.3) is 0 Å². The van der Waals surface area contributed by atoms with Gasteiger partial charge in [0.25, 0.3) is 0 Å². The molecule has 0 aliphatic rings. The quantitative estimate of drug-likeness (QED) is 0.183. The van der Waals surface area contributed by atoms with Gasteiger partial charge in [0.2, 0.25) is 5.91 Å². The molecule has 0 aromatic rings. The molecule has 0 rings (SSSR count). The molecule has 1 atom stereocenters. The predicted molar refractivity (Wildman–Crippen MR) is 116 cm³/mol. The van der Waals surface area contributed by atoms with Crippen molar-refractivity contribution < 1.29 is 76.0 Å². The van der Waals surface area contributed by atoms with Gasteiger partial charge in [-0.05, 0) is 12.8 Å². The largest absolute Gasteiger partial charge is 1.00 e. The van der Waals surface area contributed by atoms with Crippen LogP contribution in [0.1, 0.15) is 122 Å². The van der Waals surface area contributed by atoms with Gasteiger partial charge in [-0.15, -0.1) is 0 Å². The summed E-state index contributed by atoms with van der Waals surface area (Å²) in [5, 5.41) is 20.1. The number of aliphatic carboxylic acids is 2. The van der Waals surface area contributed by atoms with E-state index < -0.39 is 18.0 Å². The van der Waals surface area contributed by atoms with Gasteiger partial charge in [-0.1, -0.05) is 96.8 Å². The van der Waals surface area contributed by atoms with Crippen LogP contribution < -0.4 is 56.7 Å². The van der Waals surface area contributed by atoms with E-state index in [1.807, 2.05) is 0 Å². The van der Waals surface area contributed by atoms with Crippen molar-refractivity contribution in [1.29, 1.82) is 0 Å². The molecule has 0 bridgehead atoms. The Morgan fingerprint density at radius 2 is 1.07 bits per heavy atom. The molecule has 1 amide bonds. The summed E-state index contributed by atoms with van der Waals surface area (Å²) in [7, 11) is 0. The van der Waals surface area contributed by atoms with Gasteiger partial charge in [-0.2, -0.15) is 0 Å². The Labute approximate surface area is 225 Å². The Morgan fingerprint density at radius 3 is 1.43 bits per heavy atom. The van der Waals surface area contributed by atoms with Gasteiger partial charge in [-0.25, -0.2) is 4.79 Å². The summed E-state index contributed by atoms with van der Waals surface area (Å²) in [6.45, 7) is 2.25. The van der Waals surface area contributed by atoms with Crippen molar-refractivity contribution in [3.05, 3.63) is 0 Å². The van der Waals surface area contributed by atoms with Crippen molar-refractivity contribution in [3.8, 4) is 0 Å². The summed E-state index contributed by atoms with van der Waals surface area (Å²) in [5.74, 6) is -2.55. The van der Waals surface area contributed by atoms with E-state index in [0.717, 1.165) is 19.3 Å². The molecule has 170 valence electrons. The summed E-state index contributed by atoms with van der Waals surface area (Å²) < 4.78 is 0. The zero-order valence-corrected chi connectivity index (χ0v) is 22.5. The molecule has 0 spiro atoms. The maximum absolute atomic E-state index is 11.8. The summed E-state index contributed by atoms with van der Waals surface area (Å²) >= 11 is 0. The number of amides is 1. The number of unbranched alkanes of at least 4 members (excludes halogenated alkanes) is 14. The van der Waals surface area contributed by atoms with E-state index in [1.54, 1.807) is 0 Å². The normalized spacial score (nSPS) is 11.5. The van der Waals surface area contributed by atoms with Gasteiger partial charge >= 0.3 is 63.3 Å². The van der Waals surface area contributed by atoms with E-state index >= 15 is 0 Å². The van der Waals surface area contributed by atoms with Crippen LogP contribution >= 0.6 is 0 Å². The molecule has 0 fully saturated rings. The Morgan fingerprint density at radius 1 is 0.667 bits per heavy atom. The van der Waals surface area contributed by atoms with Crippen LogP contribution in [0.4, 0.5) is 0 Å². The first-order valence-corrected chi connectivity index (χ1v) is 11.7. The zero-order chi connectivity index (χ0) is 21.7. The molecule has 0 heterocycles. The summed E-state index contributed by atoms with van der Waals surface area (Å²) in [6.07, 6.45) is 18.8. The Hall–Kier alpha value is 0.0464. The molecule has 0 aromatic heterocycles. The van der Waals surface area contributed by atoms with Gasteiger partial charge in [-0.3, -0.25) is 9.59 Å². The molecular weight excluding hydrogens is 409 g/mol. The van der Waals surface area contributed by atoms with E-state index in [-0.39, 0.29) is 70.1 Å². The molecule has 6 nitrogen and oxygen atoms in total. The van der Waals surface area contributed by atoms with Gasteiger partial charge in [0, 0.05) is 12.8 Å². The number of carbonyl (C=O) groups excluding carboxylic acids is 1. The number of carboxylic acids is 2. The van der Waals surface area contributed by atoms with Crippen molar-refractivity contribution in [2.45, 2.75) is 129 Å². The molecule has 0 radical (unpaired) electrons. The maximum atomic E-state index is 11.8. The number of hydrogen-bond donors (Lipinski definition) is 3. The predicted octanol–water partition coefficient (Wildman–Crippen LogP) is 2.69. The molecule has 0 aliphatic carbocycles.